The van der Waals surface area contributed by atoms with Crippen molar-refractivity contribution in [2.75, 3.05) is 7.11 Å². The molecule has 1 N–H and O–H groups in total. The van der Waals surface area contributed by atoms with E-state index in [0.717, 1.165) is 12.2 Å². The number of hydrogen-bond acceptors (Lipinski definition) is 3. The zero-order chi connectivity index (χ0) is 13.7. The fourth-order valence-electron chi connectivity index (χ4n) is 1.85. The van der Waals surface area contributed by atoms with Crippen molar-refractivity contribution in [1.29, 1.82) is 0 Å². The lowest BCUT2D eigenvalue weighted by Crippen LogP contribution is -2.27. The maximum Gasteiger partial charge on any atom is 0.251 e. The summed E-state index contributed by atoms with van der Waals surface area (Å²) in [5.41, 5.74) is 0.649. The highest BCUT2D eigenvalue weighted by atomic mass is 32.1. The summed E-state index contributed by atoms with van der Waals surface area (Å²) in [6, 6.07) is 11.3. The molecule has 100 valence electrons. The van der Waals surface area contributed by atoms with Crippen LogP contribution in [0, 0.1) is 0 Å². The van der Waals surface area contributed by atoms with Crippen molar-refractivity contribution >= 4 is 17.2 Å². The zero-order valence-electron chi connectivity index (χ0n) is 11.1. The molecule has 1 heterocycles. The molecule has 1 aromatic heterocycles. The number of thiophene rings is 1. The summed E-state index contributed by atoms with van der Waals surface area (Å²) in [7, 11) is 1.61. The molecule has 1 atom stereocenters. The van der Waals surface area contributed by atoms with Crippen LogP contribution in [0.2, 0.25) is 0 Å². The van der Waals surface area contributed by atoms with Crippen molar-refractivity contribution in [3.05, 3.63) is 52.2 Å². The normalized spacial score (nSPS) is 11.9. The molecule has 0 saturated heterocycles. The van der Waals surface area contributed by atoms with Crippen molar-refractivity contribution < 1.29 is 9.53 Å². The molecule has 19 heavy (non-hydrogen) atoms. The molecular formula is C15H17NO2S. The standard InChI is InChI=1S/C15H17NO2S/c1-3-13(14-5-4-10-19-14)16-15(17)11-6-8-12(18-2)9-7-11/h4-10,13H,3H2,1-2H3,(H,16,17)/t13-/m1/s1. The van der Waals surface area contributed by atoms with Gasteiger partial charge in [0.25, 0.3) is 5.91 Å². The van der Waals surface area contributed by atoms with Gasteiger partial charge in [-0.1, -0.05) is 13.0 Å². The minimum atomic E-state index is -0.0529. The van der Waals surface area contributed by atoms with Crippen molar-refractivity contribution in [1.82, 2.24) is 5.32 Å². The number of rotatable bonds is 5. The molecular weight excluding hydrogens is 258 g/mol. The van der Waals surface area contributed by atoms with Gasteiger partial charge in [-0.3, -0.25) is 4.79 Å². The fourth-order valence-corrected chi connectivity index (χ4v) is 2.71. The summed E-state index contributed by atoms with van der Waals surface area (Å²) in [4.78, 5) is 13.3. The summed E-state index contributed by atoms with van der Waals surface area (Å²) in [5.74, 6) is 0.699. The Morgan fingerprint density at radius 3 is 2.58 bits per heavy atom. The molecule has 0 unspecified atom stereocenters. The summed E-state index contributed by atoms with van der Waals surface area (Å²) in [5, 5.41) is 5.08. The predicted molar refractivity (Wildman–Crippen MR) is 77.8 cm³/mol. The molecule has 0 fully saturated rings. The van der Waals surface area contributed by atoms with Gasteiger partial charge in [-0.2, -0.15) is 0 Å². The van der Waals surface area contributed by atoms with E-state index in [0.29, 0.717) is 5.56 Å². The number of ether oxygens (including phenoxy) is 1. The third-order valence-electron chi connectivity index (χ3n) is 2.95. The van der Waals surface area contributed by atoms with Crippen LogP contribution < -0.4 is 10.1 Å². The van der Waals surface area contributed by atoms with Gasteiger partial charge in [0.15, 0.2) is 0 Å². The maximum absolute atomic E-state index is 12.2. The number of carbonyl (C=O) groups excluding carboxylic acids is 1. The van der Waals surface area contributed by atoms with Crippen LogP contribution in [0.25, 0.3) is 0 Å². The Morgan fingerprint density at radius 2 is 2.05 bits per heavy atom. The Balaban J connectivity index is 2.06. The average Bonchev–Trinajstić information content (AvgIpc) is 2.98. The Hall–Kier alpha value is -1.81. The Labute approximate surface area is 117 Å². The smallest absolute Gasteiger partial charge is 0.251 e. The summed E-state index contributed by atoms with van der Waals surface area (Å²) in [6.45, 7) is 2.07. The Kier molecular flexibility index (Phi) is 4.58. The molecule has 1 aromatic carbocycles. The second-order valence-electron chi connectivity index (χ2n) is 4.18. The number of nitrogens with one attached hydrogen (secondary N) is 1. The van der Waals surface area contributed by atoms with Gasteiger partial charge in [-0.05, 0) is 42.1 Å². The monoisotopic (exact) mass is 275 g/mol. The molecule has 4 heteroatoms. The van der Waals surface area contributed by atoms with Crippen molar-refractivity contribution in [3.63, 3.8) is 0 Å². The minimum Gasteiger partial charge on any atom is -0.497 e. The number of amides is 1. The minimum absolute atomic E-state index is 0.0529. The molecule has 1 amide bonds. The van der Waals surface area contributed by atoms with Crippen molar-refractivity contribution in [2.24, 2.45) is 0 Å². The molecule has 2 aromatic rings. The lowest BCUT2D eigenvalue weighted by atomic mass is 10.1. The average molecular weight is 275 g/mol. The van der Waals surface area contributed by atoms with Crippen molar-refractivity contribution in [2.45, 2.75) is 19.4 Å². The van der Waals surface area contributed by atoms with Gasteiger partial charge >= 0.3 is 0 Å². The first kappa shape index (κ1) is 13.6. The highest BCUT2D eigenvalue weighted by Gasteiger charge is 2.14. The number of hydrogen-bond donors (Lipinski definition) is 1. The van der Waals surface area contributed by atoms with Crippen LogP contribution >= 0.6 is 11.3 Å². The highest BCUT2D eigenvalue weighted by Crippen LogP contribution is 2.22. The molecule has 0 aliphatic heterocycles. The molecule has 2 rings (SSSR count). The SMILES string of the molecule is CC[C@@H](NC(=O)c1ccc(OC)cc1)c1cccs1. The van der Waals surface area contributed by atoms with E-state index in [1.165, 1.54) is 4.88 Å². The van der Waals surface area contributed by atoms with E-state index >= 15 is 0 Å². The summed E-state index contributed by atoms with van der Waals surface area (Å²) < 4.78 is 5.08. The molecule has 0 radical (unpaired) electrons. The van der Waals surface area contributed by atoms with Gasteiger partial charge < -0.3 is 10.1 Å². The van der Waals surface area contributed by atoms with Crippen LogP contribution in [-0.4, -0.2) is 13.0 Å². The quantitative estimate of drug-likeness (QED) is 0.904. The van der Waals surface area contributed by atoms with E-state index in [2.05, 4.69) is 12.2 Å². The molecule has 0 spiro atoms. The van der Waals surface area contributed by atoms with Crippen molar-refractivity contribution in [3.8, 4) is 5.75 Å². The molecule has 0 aliphatic rings. The van der Waals surface area contributed by atoms with E-state index in [4.69, 9.17) is 4.74 Å². The van der Waals surface area contributed by atoms with E-state index in [1.54, 1.807) is 42.7 Å². The number of carbonyl (C=O) groups is 1. The van der Waals surface area contributed by atoms with Crippen LogP contribution in [0.4, 0.5) is 0 Å². The van der Waals surface area contributed by atoms with Crippen LogP contribution in [0.3, 0.4) is 0 Å². The van der Waals surface area contributed by atoms with Gasteiger partial charge in [0.05, 0.1) is 13.2 Å². The Morgan fingerprint density at radius 1 is 1.32 bits per heavy atom. The maximum atomic E-state index is 12.2. The molecule has 0 aliphatic carbocycles. The third-order valence-corrected chi connectivity index (χ3v) is 3.94. The highest BCUT2D eigenvalue weighted by molar-refractivity contribution is 7.10. The summed E-state index contributed by atoms with van der Waals surface area (Å²) in [6.07, 6.45) is 0.877. The fraction of sp³-hybridized carbons (Fsp3) is 0.267. The first-order chi connectivity index (χ1) is 9.24. The first-order valence-corrected chi connectivity index (χ1v) is 7.11. The third kappa shape index (κ3) is 3.35. The van der Waals surface area contributed by atoms with Crippen LogP contribution in [0.5, 0.6) is 5.75 Å². The second-order valence-corrected chi connectivity index (χ2v) is 5.16. The van der Waals surface area contributed by atoms with Gasteiger partial charge in [-0.25, -0.2) is 0 Å². The lowest BCUT2D eigenvalue weighted by molar-refractivity contribution is 0.0936. The summed E-state index contributed by atoms with van der Waals surface area (Å²) >= 11 is 1.66. The Bertz CT molecular complexity index is 520. The topological polar surface area (TPSA) is 38.3 Å². The van der Waals surface area contributed by atoms with Gasteiger partial charge in [0.1, 0.15) is 5.75 Å². The van der Waals surface area contributed by atoms with Gasteiger partial charge in [-0.15, -0.1) is 11.3 Å². The van der Waals surface area contributed by atoms with Gasteiger partial charge in [0, 0.05) is 10.4 Å². The van der Waals surface area contributed by atoms with Crippen LogP contribution in [0.15, 0.2) is 41.8 Å². The lowest BCUT2D eigenvalue weighted by Gasteiger charge is -2.15. The van der Waals surface area contributed by atoms with E-state index < -0.39 is 0 Å². The predicted octanol–water partition coefficient (Wildman–Crippen LogP) is 3.64. The second kappa shape index (κ2) is 6.38. The number of methoxy groups -OCH3 is 1. The van der Waals surface area contributed by atoms with E-state index in [9.17, 15) is 4.79 Å². The molecule has 0 bridgehead atoms. The van der Waals surface area contributed by atoms with Crippen LogP contribution in [-0.2, 0) is 0 Å². The first-order valence-electron chi connectivity index (χ1n) is 6.23. The molecule has 0 saturated carbocycles. The van der Waals surface area contributed by atoms with E-state index in [1.807, 2.05) is 17.5 Å². The van der Waals surface area contributed by atoms with E-state index in [-0.39, 0.29) is 11.9 Å². The molecule has 3 nitrogen and oxygen atoms in total. The largest absolute Gasteiger partial charge is 0.497 e. The van der Waals surface area contributed by atoms with Crippen LogP contribution in [0.1, 0.15) is 34.6 Å². The number of benzene rings is 1. The zero-order valence-corrected chi connectivity index (χ0v) is 11.9. The van der Waals surface area contributed by atoms with Gasteiger partial charge in [0.2, 0.25) is 0 Å².